The molecule has 1 fully saturated rings. The van der Waals surface area contributed by atoms with Crippen LogP contribution >= 0.6 is 0 Å². The molecule has 0 nitrogen and oxygen atoms in total. The summed E-state index contributed by atoms with van der Waals surface area (Å²) in [5.41, 5.74) is 11.4. The molecule has 0 heterocycles. The zero-order valence-electron chi connectivity index (χ0n) is 31.1. The van der Waals surface area contributed by atoms with E-state index in [0.29, 0.717) is 11.8 Å². The third kappa shape index (κ3) is 10.7. The van der Waals surface area contributed by atoms with Crippen LogP contribution in [0, 0.1) is 0 Å². The summed E-state index contributed by atoms with van der Waals surface area (Å²) in [5.74, 6) is 2.02. The first-order chi connectivity index (χ1) is 23.2. The zero-order valence-corrected chi connectivity index (χ0v) is 36.1. The number of rotatable bonds is 7. The Labute approximate surface area is 330 Å². The Hall–Kier alpha value is -2.22. The van der Waals surface area contributed by atoms with Gasteiger partial charge in [-0.05, 0) is 65.7 Å². The Kier molecular flexibility index (Phi) is 17.0. The largest absolute Gasteiger partial charge is 1.00 e. The normalized spacial score (nSPS) is 13.2. The maximum Gasteiger partial charge on any atom is -1.00 e. The molecule has 0 bridgehead atoms. The van der Waals surface area contributed by atoms with Gasteiger partial charge in [0, 0.05) is 0 Å². The fourth-order valence-corrected chi connectivity index (χ4v) is 7.03. The minimum Gasteiger partial charge on any atom is -1.00 e. The van der Waals surface area contributed by atoms with E-state index >= 15 is 0 Å². The van der Waals surface area contributed by atoms with Gasteiger partial charge in [-0.3, -0.25) is 0 Å². The fourth-order valence-electron chi connectivity index (χ4n) is 7.03. The molecule has 0 aliphatic heterocycles. The Morgan fingerprint density at radius 2 is 1.16 bits per heavy atom. The first-order valence-corrected chi connectivity index (χ1v) is 24.5. The molecule has 0 N–H and O–H groups in total. The molecule has 262 valence electrons. The number of hydrogen-bond acceptors (Lipinski definition) is 0. The summed E-state index contributed by atoms with van der Waals surface area (Å²) in [6.07, 6.45) is 7.83. The van der Waals surface area contributed by atoms with E-state index in [2.05, 4.69) is 157 Å². The Morgan fingerprint density at radius 1 is 0.680 bits per heavy atom. The van der Waals surface area contributed by atoms with Crippen molar-refractivity contribution in [3.63, 3.8) is 0 Å². The molecule has 1 unspecified atom stereocenters. The van der Waals surface area contributed by atoms with Gasteiger partial charge >= 0.3 is 41.9 Å². The van der Waals surface area contributed by atoms with Gasteiger partial charge in [0.25, 0.3) is 0 Å². The molecule has 0 spiro atoms. The topological polar surface area (TPSA) is 0 Å². The van der Waals surface area contributed by atoms with Gasteiger partial charge in [-0.1, -0.05) is 119 Å². The average Bonchev–Trinajstić information content (AvgIpc) is 3.87. The summed E-state index contributed by atoms with van der Waals surface area (Å²) < 4.78 is 0. The Morgan fingerprint density at radius 3 is 1.64 bits per heavy atom. The van der Waals surface area contributed by atoms with Crippen LogP contribution in [-0.2, 0) is 29.8 Å². The molecule has 0 amide bonds. The van der Waals surface area contributed by atoms with E-state index in [1.54, 1.807) is 28.9 Å². The van der Waals surface area contributed by atoms with Crippen LogP contribution in [0.4, 0.5) is 0 Å². The summed E-state index contributed by atoms with van der Waals surface area (Å²) >= 11 is 1.74. The van der Waals surface area contributed by atoms with Crippen molar-refractivity contribution in [1.82, 2.24) is 0 Å². The van der Waals surface area contributed by atoms with Gasteiger partial charge in [-0.2, -0.15) is 12.1 Å². The number of aryl methyl sites for hydroxylation is 1. The van der Waals surface area contributed by atoms with Crippen molar-refractivity contribution in [2.24, 2.45) is 0 Å². The molecule has 1 aliphatic carbocycles. The third-order valence-corrected chi connectivity index (χ3v) is 10.1. The van der Waals surface area contributed by atoms with E-state index in [1.165, 1.54) is 92.6 Å². The van der Waals surface area contributed by atoms with Crippen molar-refractivity contribution in [2.45, 2.75) is 104 Å². The maximum atomic E-state index is 2.46. The van der Waals surface area contributed by atoms with E-state index in [9.17, 15) is 0 Å². The number of fused-ring (bicyclic) bond motifs is 2. The van der Waals surface area contributed by atoms with Crippen LogP contribution in [0.1, 0.15) is 107 Å². The molecular formula is C46H54Cl2SiZr-2. The molecular weight excluding hydrogens is 743 g/mol. The standard InChI is InChI=1S/C23H25.C21H23.C2H6Si.2ClH.Zr/c1-16(2)17-10-12-19(13-11-17)22-9-5-8-20-14-21(15-23(20)22)18-6-3-4-7-18;1-4-15(3)17-9-11-18(12-10-17)20-8-6-7-19-13-16(5-2)14-21(19)20;1-3-2;;;/h5,8-16,18H,3-4,6-7H2,1-2H3;6-15H,4-5H2,1-3H3;1-2H3;2*1H;/q2*-1;;;;+2/p-2. The second-order valence-electron chi connectivity index (χ2n) is 14.3. The van der Waals surface area contributed by atoms with Crippen molar-refractivity contribution in [1.29, 1.82) is 0 Å². The molecule has 50 heavy (non-hydrogen) atoms. The number of hydrogen-bond donors (Lipinski definition) is 0. The molecule has 0 saturated heterocycles. The van der Waals surface area contributed by atoms with Crippen molar-refractivity contribution in [3.8, 4) is 22.3 Å². The minimum absolute atomic E-state index is 0. The molecule has 0 aromatic heterocycles. The first kappa shape index (κ1) is 42.2. The van der Waals surface area contributed by atoms with E-state index in [4.69, 9.17) is 0 Å². The second-order valence-corrected chi connectivity index (χ2v) is 23.7. The van der Waals surface area contributed by atoms with E-state index in [-0.39, 0.29) is 30.2 Å². The minimum atomic E-state index is 0. The van der Waals surface area contributed by atoms with Crippen LogP contribution in [0.25, 0.3) is 43.8 Å². The Bertz CT molecular complexity index is 1920. The van der Waals surface area contributed by atoms with Gasteiger partial charge in [-0.25, -0.2) is 0 Å². The van der Waals surface area contributed by atoms with Gasteiger partial charge in [0.1, 0.15) is 0 Å². The van der Waals surface area contributed by atoms with Crippen molar-refractivity contribution in [2.75, 3.05) is 0 Å². The molecule has 1 saturated carbocycles. The van der Waals surface area contributed by atoms with Gasteiger partial charge in [-0.15, -0.1) is 69.1 Å². The summed E-state index contributed by atoms with van der Waals surface area (Å²) in [4.78, 5) is 0. The van der Waals surface area contributed by atoms with Crippen LogP contribution in [0.5, 0.6) is 0 Å². The predicted octanol–water partition coefficient (Wildman–Crippen LogP) is 8.10. The van der Waals surface area contributed by atoms with Crippen LogP contribution < -0.4 is 24.8 Å². The number of benzene rings is 4. The molecule has 1 atom stereocenters. The van der Waals surface area contributed by atoms with E-state index < -0.39 is 0 Å². The van der Waals surface area contributed by atoms with Gasteiger partial charge in [0.2, 0.25) is 0 Å². The molecule has 6 aromatic carbocycles. The van der Waals surface area contributed by atoms with Crippen molar-refractivity contribution >= 4 is 27.0 Å². The summed E-state index contributed by atoms with van der Waals surface area (Å²) in [7, 11) is 0. The van der Waals surface area contributed by atoms with Crippen LogP contribution in [0.2, 0.25) is 13.1 Å². The van der Waals surface area contributed by atoms with Gasteiger partial charge in [0.05, 0.1) is 0 Å². The average molecular weight is 797 g/mol. The number of halogens is 2. The predicted molar refractivity (Wildman–Crippen MR) is 211 cm³/mol. The molecule has 0 radical (unpaired) electrons. The molecule has 4 heteroatoms. The van der Waals surface area contributed by atoms with E-state index in [0.717, 1.165) is 12.3 Å². The van der Waals surface area contributed by atoms with E-state index in [1.807, 2.05) is 0 Å². The van der Waals surface area contributed by atoms with Crippen molar-refractivity contribution < 1.29 is 48.1 Å². The SMILES string of the molecule is CC(C)c1ccc(-c2cccc3[cH-]c(C4CCCC4)cc23)cc1.CCc1cc2c(-c3ccc(C(C)CC)cc3)cccc2[cH-]1.C[Si](C)=[Zr+2].[Cl-].[Cl-]. The summed E-state index contributed by atoms with van der Waals surface area (Å²) in [6.45, 7) is 15.9. The third-order valence-electron chi connectivity index (χ3n) is 10.1. The van der Waals surface area contributed by atoms with Gasteiger partial charge < -0.3 is 24.8 Å². The maximum absolute atomic E-state index is 2.46. The second kappa shape index (κ2) is 20.1. The van der Waals surface area contributed by atoms with Gasteiger partial charge in [0.15, 0.2) is 0 Å². The summed E-state index contributed by atoms with van der Waals surface area (Å²) in [6, 6.07) is 41.1. The zero-order chi connectivity index (χ0) is 34.2. The molecule has 1 aliphatic rings. The Balaban J connectivity index is 0.000000237. The quantitative estimate of drug-likeness (QED) is 0.113. The van der Waals surface area contributed by atoms with Crippen molar-refractivity contribution in [3.05, 3.63) is 131 Å². The first-order valence-electron chi connectivity index (χ1n) is 18.3. The van der Waals surface area contributed by atoms with Crippen LogP contribution in [0.3, 0.4) is 0 Å². The fraction of sp³-hybridized carbons (Fsp3) is 0.348. The monoisotopic (exact) mass is 794 g/mol. The smallest absolute Gasteiger partial charge is 1.00 e. The molecule has 7 rings (SSSR count). The molecule has 6 aromatic rings. The van der Waals surface area contributed by atoms with Crippen LogP contribution in [0.15, 0.2) is 109 Å². The summed E-state index contributed by atoms with van der Waals surface area (Å²) in [5, 5.41) is 5.56. The van der Waals surface area contributed by atoms with Crippen LogP contribution in [-0.4, -0.2) is 5.43 Å².